The van der Waals surface area contributed by atoms with E-state index in [1.54, 1.807) is 0 Å². The molecule has 2 atom stereocenters. The number of hydrogen-bond donors (Lipinski definition) is 2. The molecule has 0 aliphatic heterocycles. The average Bonchev–Trinajstić information content (AvgIpc) is 1.91. The highest BCUT2D eigenvalue weighted by Crippen LogP contribution is 2.30. The molecule has 0 aromatic rings. The fraction of sp³-hybridized carbons (Fsp3) is 1.00. The van der Waals surface area contributed by atoms with Crippen LogP contribution in [0, 0.1) is 5.92 Å². The topological polar surface area (TPSA) is 40.5 Å². The van der Waals surface area contributed by atoms with Crippen molar-refractivity contribution in [3.8, 4) is 0 Å². The Bertz CT molecular complexity index is 137. The van der Waals surface area contributed by atoms with Crippen molar-refractivity contribution in [3.63, 3.8) is 0 Å². The maximum absolute atomic E-state index is 9.62. The fourth-order valence-corrected chi connectivity index (χ4v) is 2.07. The molecule has 0 bridgehead atoms. The predicted octanol–water partition coefficient (Wildman–Crippen LogP) is 1.70. The monoisotopic (exact) mass is 172 g/mol. The lowest BCUT2D eigenvalue weighted by Crippen LogP contribution is -2.32. The molecule has 0 aromatic carbocycles. The molecule has 1 aliphatic rings. The number of aliphatic hydroxyl groups is 2. The Morgan fingerprint density at radius 3 is 2.33 bits per heavy atom. The smallest absolute Gasteiger partial charge is 0.0595 e. The van der Waals surface area contributed by atoms with E-state index in [9.17, 15) is 10.2 Å². The minimum absolute atomic E-state index is 0.176. The van der Waals surface area contributed by atoms with Gasteiger partial charge in [-0.3, -0.25) is 0 Å². The molecule has 12 heavy (non-hydrogen) atoms. The van der Waals surface area contributed by atoms with Crippen molar-refractivity contribution >= 4 is 0 Å². The van der Waals surface area contributed by atoms with Crippen LogP contribution in [0.5, 0.6) is 0 Å². The lowest BCUT2D eigenvalue weighted by atomic mass is 9.80. The third-order valence-electron chi connectivity index (χ3n) is 2.63. The fourth-order valence-electron chi connectivity index (χ4n) is 2.07. The summed E-state index contributed by atoms with van der Waals surface area (Å²) >= 11 is 0. The zero-order chi connectivity index (χ0) is 9.19. The minimum Gasteiger partial charge on any atom is -0.393 e. The van der Waals surface area contributed by atoms with Crippen LogP contribution in [0.25, 0.3) is 0 Å². The van der Waals surface area contributed by atoms with Crippen molar-refractivity contribution in [1.29, 1.82) is 0 Å². The van der Waals surface area contributed by atoms with Crippen molar-refractivity contribution in [2.75, 3.05) is 0 Å². The molecule has 0 radical (unpaired) electrons. The molecular formula is C10H20O2. The van der Waals surface area contributed by atoms with Crippen LogP contribution >= 0.6 is 0 Å². The average molecular weight is 172 g/mol. The highest BCUT2D eigenvalue weighted by atomic mass is 16.3. The van der Waals surface area contributed by atoms with Gasteiger partial charge in [0.05, 0.1) is 11.7 Å². The summed E-state index contributed by atoms with van der Waals surface area (Å²) in [7, 11) is 0. The summed E-state index contributed by atoms with van der Waals surface area (Å²) < 4.78 is 0. The zero-order valence-electron chi connectivity index (χ0n) is 8.08. The van der Waals surface area contributed by atoms with E-state index in [1.165, 1.54) is 6.42 Å². The molecule has 0 unspecified atom stereocenters. The van der Waals surface area contributed by atoms with Crippen LogP contribution in [0.1, 0.15) is 46.0 Å². The first-order chi connectivity index (χ1) is 5.49. The molecule has 0 aromatic heterocycles. The van der Waals surface area contributed by atoms with Gasteiger partial charge in [-0.05, 0) is 39.0 Å². The molecule has 1 aliphatic carbocycles. The van der Waals surface area contributed by atoms with Crippen molar-refractivity contribution in [1.82, 2.24) is 0 Å². The SMILES string of the molecule is CC(C)(O)C[C@@H]1CCCC[C@H]1O. The second kappa shape index (κ2) is 3.75. The first kappa shape index (κ1) is 10.0. The van der Waals surface area contributed by atoms with Crippen LogP contribution in [-0.2, 0) is 0 Å². The Hall–Kier alpha value is -0.0800. The van der Waals surface area contributed by atoms with Gasteiger partial charge in [0.1, 0.15) is 0 Å². The molecule has 72 valence electrons. The van der Waals surface area contributed by atoms with Crippen molar-refractivity contribution in [2.24, 2.45) is 5.92 Å². The van der Waals surface area contributed by atoms with E-state index in [4.69, 9.17) is 0 Å². The van der Waals surface area contributed by atoms with Crippen LogP contribution in [0.4, 0.5) is 0 Å². The van der Waals surface area contributed by atoms with Crippen molar-refractivity contribution in [2.45, 2.75) is 57.7 Å². The Balaban J connectivity index is 2.39. The molecule has 0 amide bonds. The van der Waals surface area contributed by atoms with Crippen LogP contribution in [0.2, 0.25) is 0 Å². The summed E-state index contributed by atoms with van der Waals surface area (Å²) in [5, 5.41) is 19.2. The van der Waals surface area contributed by atoms with Crippen molar-refractivity contribution < 1.29 is 10.2 Å². The van der Waals surface area contributed by atoms with Gasteiger partial charge in [-0.25, -0.2) is 0 Å². The lowest BCUT2D eigenvalue weighted by Gasteiger charge is -2.31. The van der Waals surface area contributed by atoms with E-state index >= 15 is 0 Å². The van der Waals surface area contributed by atoms with Crippen LogP contribution in [0.3, 0.4) is 0 Å². The maximum Gasteiger partial charge on any atom is 0.0595 e. The first-order valence-electron chi connectivity index (χ1n) is 4.89. The van der Waals surface area contributed by atoms with E-state index in [1.807, 2.05) is 13.8 Å². The molecule has 0 spiro atoms. The van der Waals surface area contributed by atoms with Gasteiger partial charge in [0.15, 0.2) is 0 Å². The summed E-state index contributed by atoms with van der Waals surface area (Å²) in [5.74, 6) is 0.318. The van der Waals surface area contributed by atoms with Gasteiger partial charge in [-0.1, -0.05) is 12.8 Å². The molecule has 2 nitrogen and oxygen atoms in total. The molecule has 0 saturated heterocycles. The Kier molecular flexibility index (Phi) is 3.13. The van der Waals surface area contributed by atoms with Crippen LogP contribution < -0.4 is 0 Å². The van der Waals surface area contributed by atoms with Gasteiger partial charge >= 0.3 is 0 Å². The van der Waals surface area contributed by atoms with Gasteiger partial charge in [0.2, 0.25) is 0 Å². The van der Waals surface area contributed by atoms with Crippen LogP contribution in [0.15, 0.2) is 0 Å². The second-order valence-corrected chi connectivity index (χ2v) is 4.63. The highest BCUT2D eigenvalue weighted by molar-refractivity contribution is 4.80. The standard InChI is InChI=1S/C10H20O2/c1-10(2,12)7-8-5-3-4-6-9(8)11/h8-9,11-12H,3-7H2,1-2H3/t8-,9+/m0/s1. The largest absolute Gasteiger partial charge is 0.393 e. The van der Waals surface area contributed by atoms with E-state index in [0.717, 1.165) is 25.7 Å². The quantitative estimate of drug-likeness (QED) is 0.665. The van der Waals surface area contributed by atoms with Gasteiger partial charge in [0.25, 0.3) is 0 Å². The third kappa shape index (κ3) is 3.11. The molecule has 2 heteroatoms. The molecule has 1 fully saturated rings. The third-order valence-corrected chi connectivity index (χ3v) is 2.63. The minimum atomic E-state index is -0.622. The molecule has 1 rings (SSSR count). The number of aliphatic hydroxyl groups excluding tert-OH is 1. The normalized spacial score (nSPS) is 32.0. The van der Waals surface area contributed by atoms with Gasteiger partial charge in [-0.2, -0.15) is 0 Å². The summed E-state index contributed by atoms with van der Waals surface area (Å²) in [6, 6.07) is 0. The Labute approximate surface area is 74.6 Å². The molecule has 0 heterocycles. The van der Waals surface area contributed by atoms with Crippen molar-refractivity contribution in [3.05, 3.63) is 0 Å². The zero-order valence-corrected chi connectivity index (χ0v) is 8.08. The lowest BCUT2D eigenvalue weighted by molar-refractivity contribution is -0.00321. The Morgan fingerprint density at radius 2 is 1.83 bits per heavy atom. The first-order valence-corrected chi connectivity index (χ1v) is 4.89. The molecular weight excluding hydrogens is 152 g/mol. The number of rotatable bonds is 2. The summed E-state index contributed by atoms with van der Waals surface area (Å²) in [6.45, 7) is 3.63. The second-order valence-electron chi connectivity index (χ2n) is 4.63. The van der Waals surface area contributed by atoms with Crippen LogP contribution in [-0.4, -0.2) is 21.9 Å². The van der Waals surface area contributed by atoms with Gasteiger partial charge < -0.3 is 10.2 Å². The van der Waals surface area contributed by atoms with Gasteiger partial charge in [-0.15, -0.1) is 0 Å². The van der Waals surface area contributed by atoms with E-state index < -0.39 is 5.60 Å². The summed E-state index contributed by atoms with van der Waals surface area (Å²) in [4.78, 5) is 0. The predicted molar refractivity (Wildman–Crippen MR) is 48.9 cm³/mol. The van der Waals surface area contributed by atoms with E-state index in [2.05, 4.69) is 0 Å². The molecule has 2 N–H and O–H groups in total. The number of hydrogen-bond acceptors (Lipinski definition) is 2. The van der Waals surface area contributed by atoms with Gasteiger partial charge in [0, 0.05) is 0 Å². The summed E-state index contributed by atoms with van der Waals surface area (Å²) in [5.41, 5.74) is -0.622. The van der Waals surface area contributed by atoms with E-state index in [0.29, 0.717) is 5.92 Å². The van der Waals surface area contributed by atoms with E-state index in [-0.39, 0.29) is 6.10 Å². The highest BCUT2D eigenvalue weighted by Gasteiger charge is 2.28. The Morgan fingerprint density at radius 1 is 1.25 bits per heavy atom. The molecule has 1 saturated carbocycles. The maximum atomic E-state index is 9.62. The summed E-state index contributed by atoms with van der Waals surface area (Å²) in [6.07, 6.45) is 4.90.